The fraction of sp³-hybridized carbons (Fsp3) is 0.200. The van der Waals surface area contributed by atoms with Crippen molar-refractivity contribution in [3.8, 4) is 0 Å². The van der Waals surface area contributed by atoms with Crippen LogP contribution in [-0.2, 0) is 0 Å². The molecule has 0 saturated carbocycles. The van der Waals surface area contributed by atoms with E-state index in [2.05, 4.69) is 15.0 Å². The van der Waals surface area contributed by atoms with Gasteiger partial charge < -0.3 is 9.80 Å². The number of nitrogens with zero attached hydrogens (tertiary/aromatic N) is 5. The van der Waals surface area contributed by atoms with E-state index in [0.717, 1.165) is 11.6 Å². The molecular formula is C20H15F2N5OS. The number of carbonyl (C=O) groups is 1. The van der Waals surface area contributed by atoms with Crippen LogP contribution in [0.5, 0.6) is 0 Å². The molecule has 0 aliphatic carbocycles. The first-order valence-electron chi connectivity index (χ1n) is 9.09. The summed E-state index contributed by atoms with van der Waals surface area (Å²) in [5.74, 6) is -1.33. The number of piperazine rings is 1. The SMILES string of the molecule is O=C(c1ccc2nccnc2c1)N1CCN(c2nc3c(F)cc(F)cc3s2)CC1. The number of aromatic nitrogens is 3. The lowest BCUT2D eigenvalue weighted by Crippen LogP contribution is -2.48. The monoisotopic (exact) mass is 411 g/mol. The maximum absolute atomic E-state index is 13.9. The predicted molar refractivity (Wildman–Crippen MR) is 107 cm³/mol. The van der Waals surface area contributed by atoms with Crippen LogP contribution in [-0.4, -0.2) is 51.9 Å². The molecule has 1 aliphatic heterocycles. The van der Waals surface area contributed by atoms with Crippen LogP contribution in [0.3, 0.4) is 0 Å². The molecule has 0 bridgehead atoms. The van der Waals surface area contributed by atoms with E-state index in [-0.39, 0.29) is 11.4 Å². The maximum atomic E-state index is 13.9. The Hall–Kier alpha value is -3.20. The molecular weight excluding hydrogens is 396 g/mol. The van der Waals surface area contributed by atoms with Crippen LogP contribution in [0.4, 0.5) is 13.9 Å². The minimum absolute atomic E-state index is 0.0605. The lowest BCUT2D eigenvalue weighted by molar-refractivity contribution is 0.0747. The quantitative estimate of drug-likeness (QED) is 0.505. The second-order valence-corrected chi connectivity index (χ2v) is 7.78. The zero-order chi connectivity index (χ0) is 20.0. The van der Waals surface area contributed by atoms with Crippen molar-refractivity contribution in [3.05, 3.63) is 59.9 Å². The number of halogens is 2. The summed E-state index contributed by atoms with van der Waals surface area (Å²) in [6.45, 7) is 2.18. The van der Waals surface area contributed by atoms with E-state index in [1.807, 2.05) is 4.90 Å². The standard InChI is InChI=1S/C20H15F2N5OS/c21-13-10-14(22)18-17(11-13)29-20(25-18)27-7-5-26(6-8-27)19(28)12-1-2-15-16(9-12)24-4-3-23-15/h1-4,9-11H,5-8H2. The molecule has 29 heavy (non-hydrogen) atoms. The number of amides is 1. The highest BCUT2D eigenvalue weighted by atomic mass is 32.1. The van der Waals surface area contributed by atoms with E-state index < -0.39 is 11.6 Å². The Bertz CT molecular complexity index is 1240. The fourth-order valence-electron chi connectivity index (χ4n) is 3.46. The number of fused-ring (bicyclic) bond motifs is 2. The minimum atomic E-state index is -0.657. The van der Waals surface area contributed by atoms with Crippen LogP contribution in [0.1, 0.15) is 10.4 Å². The normalized spacial score (nSPS) is 14.7. The third kappa shape index (κ3) is 3.27. The lowest BCUT2D eigenvalue weighted by Gasteiger charge is -2.34. The molecule has 2 aromatic heterocycles. The highest BCUT2D eigenvalue weighted by Gasteiger charge is 2.24. The third-order valence-electron chi connectivity index (χ3n) is 4.96. The number of carbonyl (C=O) groups excluding carboxylic acids is 1. The zero-order valence-corrected chi connectivity index (χ0v) is 16.0. The average molecular weight is 411 g/mol. The topological polar surface area (TPSA) is 62.2 Å². The van der Waals surface area contributed by atoms with Crippen molar-refractivity contribution in [1.82, 2.24) is 19.9 Å². The molecule has 0 atom stereocenters. The highest BCUT2D eigenvalue weighted by Crippen LogP contribution is 2.31. The Morgan fingerprint density at radius 1 is 0.966 bits per heavy atom. The van der Waals surface area contributed by atoms with Gasteiger partial charge in [0, 0.05) is 50.2 Å². The van der Waals surface area contributed by atoms with Crippen LogP contribution in [0.25, 0.3) is 21.3 Å². The summed E-state index contributed by atoms with van der Waals surface area (Å²) in [5.41, 5.74) is 2.18. The van der Waals surface area contributed by atoms with E-state index in [4.69, 9.17) is 0 Å². The van der Waals surface area contributed by atoms with E-state index in [1.165, 1.54) is 17.4 Å². The van der Waals surface area contributed by atoms with Crippen molar-refractivity contribution in [3.63, 3.8) is 0 Å². The summed E-state index contributed by atoms with van der Waals surface area (Å²) in [5, 5.41) is 0.637. The Kier molecular flexibility index (Phi) is 4.31. The van der Waals surface area contributed by atoms with Crippen LogP contribution >= 0.6 is 11.3 Å². The second-order valence-electron chi connectivity index (χ2n) is 6.77. The van der Waals surface area contributed by atoms with Crippen molar-refractivity contribution in [2.75, 3.05) is 31.1 Å². The molecule has 6 nitrogen and oxygen atoms in total. The van der Waals surface area contributed by atoms with Gasteiger partial charge in [-0.3, -0.25) is 14.8 Å². The summed E-state index contributed by atoms with van der Waals surface area (Å²) in [7, 11) is 0. The van der Waals surface area contributed by atoms with Gasteiger partial charge in [0.1, 0.15) is 11.3 Å². The summed E-state index contributed by atoms with van der Waals surface area (Å²) in [6, 6.07) is 7.44. The van der Waals surface area contributed by atoms with Gasteiger partial charge in [-0.25, -0.2) is 13.8 Å². The van der Waals surface area contributed by atoms with E-state index in [1.54, 1.807) is 35.5 Å². The number of hydrogen-bond donors (Lipinski definition) is 0. The molecule has 1 fully saturated rings. The molecule has 0 spiro atoms. The van der Waals surface area contributed by atoms with Crippen LogP contribution in [0.15, 0.2) is 42.7 Å². The highest BCUT2D eigenvalue weighted by molar-refractivity contribution is 7.22. The lowest BCUT2D eigenvalue weighted by atomic mass is 10.1. The first-order chi connectivity index (χ1) is 14.1. The van der Waals surface area contributed by atoms with Crippen molar-refractivity contribution in [2.24, 2.45) is 0 Å². The molecule has 0 N–H and O–H groups in total. The van der Waals surface area contributed by atoms with Gasteiger partial charge in [-0.05, 0) is 24.3 Å². The number of benzene rings is 2. The van der Waals surface area contributed by atoms with Crippen LogP contribution < -0.4 is 4.90 Å². The Labute approximate surface area is 168 Å². The zero-order valence-electron chi connectivity index (χ0n) is 15.2. The molecule has 146 valence electrons. The van der Waals surface area contributed by atoms with Crippen LogP contribution in [0, 0.1) is 11.6 Å². The molecule has 2 aromatic carbocycles. The van der Waals surface area contributed by atoms with Gasteiger partial charge in [-0.2, -0.15) is 0 Å². The van der Waals surface area contributed by atoms with Gasteiger partial charge in [0.2, 0.25) is 0 Å². The Morgan fingerprint density at radius 3 is 2.52 bits per heavy atom. The van der Waals surface area contributed by atoms with Gasteiger partial charge in [0.15, 0.2) is 10.9 Å². The summed E-state index contributed by atoms with van der Waals surface area (Å²) in [4.78, 5) is 29.4. The molecule has 3 heterocycles. The molecule has 5 rings (SSSR count). The van der Waals surface area contributed by atoms with Crippen LogP contribution in [0.2, 0.25) is 0 Å². The minimum Gasteiger partial charge on any atom is -0.345 e. The number of anilines is 1. The smallest absolute Gasteiger partial charge is 0.254 e. The van der Waals surface area contributed by atoms with E-state index in [0.29, 0.717) is 47.1 Å². The third-order valence-corrected chi connectivity index (χ3v) is 6.02. The number of hydrogen-bond acceptors (Lipinski definition) is 6. The van der Waals surface area contributed by atoms with Gasteiger partial charge in [0.25, 0.3) is 5.91 Å². The van der Waals surface area contributed by atoms with Crippen molar-refractivity contribution in [2.45, 2.75) is 0 Å². The van der Waals surface area contributed by atoms with Gasteiger partial charge in [0.05, 0.1) is 15.7 Å². The molecule has 4 aromatic rings. The van der Waals surface area contributed by atoms with E-state index in [9.17, 15) is 13.6 Å². The molecule has 9 heteroatoms. The average Bonchev–Trinajstić information content (AvgIpc) is 3.17. The van der Waals surface area contributed by atoms with Crippen molar-refractivity contribution < 1.29 is 13.6 Å². The van der Waals surface area contributed by atoms with Crippen molar-refractivity contribution in [1.29, 1.82) is 0 Å². The molecule has 0 radical (unpaired) electrons. The summed E-state index contributed by atoms with van der Waals surface area (Å²) < 4.78 is 27.8. The summed E-state index contributed by atoms with van der Waals surface area (Å²) >= 11 is 1.26. The van der Waals surface area contributed by atoms with Gasteiger partial charge in [-0.1, -0.05) is 11.3 Å². The van der Waals surface area contributed by atoms with Gasteiger partial charge in [-0.15, -0.1) is 0 Å². The second kappa shape index (κ2) is 7.00. The maximum Gasteiger partial charge on any atom is 0.254 e. The van der Waals surface area contributed by atoms with E-state index >= 15 is 0 Å². The predicted octanol–water partition coefficient (Wildman–Crippen LogP) is 3.48. The first kappa shape index (κ1) is 17.9. The Balaban J connectivity index is 1.32. The van der Waals surface area contributed by atoms with Gasteiger partial charge >= 0.3 is 0 Å². The molecule has 1 aliphatic rings. The molecule has 1 amide bonds. The molecule has 0 unspecified atom stereocenters. The number of thiazole rings is 1. The Morgan fingerprint density at radius 2 is 1.72 bits per heavy atom. The van der Waals surface area contributed by atoms with Crippen molar-refractivity contribution >= 4 is 43.6 Å². The first-order valence-corrected chi connectivity index (χ1v) is 9.91. The number of rotatable bonds is 2. The fourth-order valence-corrected chi connectivity index (χ4v) is 4.52. The summed E-state index contributed by atoms with van der Waals surface area (Å²) in [6.07, 6.45) is 3.22. The largest absolute Gasteiger partial charge is 0.345 e. The molecule has 1 saturated heterocycles.